The van der Waals surface area contributed by atoms with Crippen LogP contribution in [-0.2, 0) is 6.42 Å². The summed E-state index contributed by atoms with van der Waals surface area (Å²) in [5.74, 6) is 0.576. The van der Waals surface area contributed by atoms with Crippen LogP contribution in [0, 0.1) is 6.92 Å². The zero-order valence-electron chi connectivity index (χ0n) is 12.6. The number of benzene rings is 2. The van der Waals surface area contributed by atoms with E-state index in [1.54, 1.807) is 0 Å². The van der Waals surface area contributed by atoms with Crippen molar-refractivity contribution in [2.45, 2.75) is 33.1 Å². The molecule has 0 aromatic heterocycles. The molecule has 20 heavy (non-hydrogen) atoms. The molecule has 2 aromatic rings. The predicted octanol–water partition coefficient (Wildman–Crippen LogP) is 4.36. The van der Waals surface area contributed by atoms with Gasteiger partial charge in [0.15, 0.2) is 0 Å². The van der Waals surface area contributed by atoms with Gasteiger partial charge in [-0.3, -0.25) is 0 Å². The Bertz CT molecular complexity index is 573. The Balaban J connectivity index is 2.01. The largest absolute Gasteiger partial charge is 0.397 e. The molecule has 0 amide bonds. The van der Waals surface area contributed by atoms with Crippen molar-refractivity contribution >= 4 is 11.4 Å². The van der Waals surface area contributed by atoms with Gasteiger partial charge in [0.25, 0.3) is 0 Å². The lowest BCUT2D eigenvalue weighted by Crippen LogP contribution is -2.08. The van der Waals surface area contributed by atoms with Crippen LogP contribution in [0.1, 0.15) is 36.5 Å². The van der Waals surface area contributed by atoms with Crippen molar-refractivity contribution in [2.75, 3.05) is 17.6 Å². The first kappa shape index (κ1) is 14.4. The van der Waals surface area contributed by atoms with Gasteiger partial charge >= 0.3 is 0 Å². The van der Waals surface area contributed by atoms with Crippen molar-refractivity contribution in [1.29, 1.82) is 0 Å². The van der Waals surface area contributed by atoms with E-state index in [2.05, 4.69) is 44.3 Å². The summed E-state index contributed by atoms with van der Waals surface area (Å²) in [6.45, 7) is 7.54. The van der Waals surface area contributed by atoms with Crippen molar-refractivity contribution in [3.05, 3.63) is 59.2 Å². The summed E-state index contributed by atoms with van der Waals surface area (Å²) in [4.78, 5) is 0. The van der Waals surface area contributed by atoms with Crippen LogP contribution >= 0.6 is 0 Å². The number of para-hydroxylation sites is 2. The normalized spacial score (nSPS) is 10.8. The van der Waals surface area contributed by atoms with Crippen molar-refractivity contribution in [1.82, 2.24) is 0 Å². The molecule has 0 saturated heterocycles. The van der Waals surface area contributed by atoms with Crippen LogP contribution in [0.4, 0.5) is 11.4 Å². The lowest BCUT2D eigenvalue weighted by Gasteiger charge is -2.13. The van der Waals surface area contributed by atoms with Gasteiger partial charge in [0.1, 0.15) is 0 Å². The zero-order valence-corrected chi connectivity index (χ0v) is 12.6. The summed E-state index contributed by atoms with van der Waals surface area (Å²) in [6, 6.07) is 14.7. The molecule has 0 bridgehead atoms. The molecule has 106 valence electrons. The third-order valence-electron chi connectivity index (χ3n) is 3.71. The van der Waals surface area contributed by atoms with E-state index < -0.39 is 0 Å². The molecule has 3 N–H and O–H groups in total. The molecule has 2 heteroatoms. The van der Waals surface area contributed by atoms with Gasteiger partial charge in [0, 0.05) is 6.54 Å². The fourth-order valence-corrected chi connectivity index (χ4v) is 2.31. The van der Waals surface area contributed by atoms with Gasteiger partial charge in [-0.05, 0) is 48.1 Å². The van der Waals surface area contributed by atoms with Crippen LogP contribution < -0.4 is 11.1 Å². The number of nitrogens with two attached hydrogens (primary N) is 1. The van der Waals surface area contributed by atoms with Gasteiger partial charge in [-0.15, -0.1) is 0 Å². The third kappa shape index (κ3) is 3.53. The van der Waals surface area contributed by atoms with Crippen LogP contribution in [0.25, 0.3) is 0 Å². The fraction of sp³-hybridized carbons (Fsp3) is 0.333. The van der Waals surface area contributed by atoms with E-state index in [0.29, 0.717) is 5.92 Å². The molecule has 0 radical (unpaired) electrons. The maximum Gasteiger partial charge on any atom is 0.0574 e. The average Bonchev–Trinajstić information content (AvgIpc) is 2.42. The summed E-state index contributed by atoms with van der Waals surface area (Å²) in [6.07, 6.45) is 1.01. The molecule has 0 unspecified atom stereocenters. The predicted molar refractivity (Wildman–Crippen MR) is 88.3 cm³/mol. The molecule has 0 heterocycles. The van der Waals surface area contributed by atoms with Gasteiger partial charge in [-0.2, -0.15) is 0 Å². The van der Waals surface area contributed by atoms with Crippen molar-refractivity contribution in [3.8, 4) is 0 Å². The molecule has 2 aromatic carbocycles. The minimum atomic E-state index is 0.576. The Morgan fingerprint density at radius 1 is 1.10 bits per heavy atom. The quantitative estimate of drug-likeness (QED) is 0.791. The summed E-state index contributed by atoms with van der Waals surface area (Å²) >= 11 is 0. The Labute approximate surface area is 122 Å². The minimum Gasteiger partial charge on any atom is -0.397 e. The highest BCUT2D eigenvalue weighted by Gasteiger charge is 2.04. The number of anilines is 2. The van der Waals surface area contributed by atoms with Gasteiger partial charge in [0.2, 0.25) is 0 Å². The second-order valence-electron chi connectivity index (χ2n) is 5.60. The molecule has 2 nitrogen and oxygen atoms in total. The summed E-state index contributed by atoms with van der Waals surface area (Å²) in [7, 11) is 0. The summed E-state index contributed by atoms with van der Waals surface area (Å²) < 4.78 is 0. The first-order valence-electron chi connectivity index (χ1n) is 7.25. The third-order valence-corrected chi connectivity index (χ3v) is 3.71. The zero-order chi connectivity index (χ0) is 14.5. The van der Waals surface area contributed by atoms with Crippen LogP contribution in [0.15, 0.2) is 42.5 Å². The van der Waals surface area contributed by atoms with Gasteiger partial charge in [0.05, 0.1) is 11.4 Å². The number of nitrogens with one attached hydrogen (secondary N) is 1. The average molecular weight is 268 g/mol. The molecular weight excluding hydrogens is 244 g/mol. The summed E-state index contributed by atoms with van der Waals surface area (Å²) in [5, 5.41) is 3.41. The maximum absolute atomic E-state index is 5.93. The molecule has 2 rings (SSSR count). The van der Waals surface area contributed by atoms with Crippen LogP contribution in [0.2, 0.25) is 0 Å². The van der Waals surface area contributed by atoms with E-state index in [1.807, 2.05) is 24.3 Å². The monoisotopic (exact) mass is 268 g/mol. The van der Waals surface area contributed by atoms with E-state index in [0.717, 1.165) is 24.3 Å². The highest BCUT2D eigenvalue weighted by molar-refractivity contribution is 5.65. The Morgan fingerprint density at radius 3 is 2.55 bits per heavy atom. The first-order chi connectivity index (χ1) is 9.58. The van der Waals surface area contributed by atoms with Crippen LogP contribution in [0.3, 0.4) is 0 Å². The Morgan fingerprint density at radius 2 is 1.85 bits per heavy atom. The highest BCUT2D eigenvalue weighted by atomic mass is 14.9. The van der Waals surface area contributed by atoms with E-state index in [9.17, 15) is 0 Å². The van der Waals surface area contributed by atoms with E-state index in [4.69, 9.17) is 5.73 Å². The Hall–Kier alpha value is -1.96. The van der Waals surface area contributed by atoms with Crippen LogP contribution in [-0.4, -0.2) is 6.54 Å². The SMILES string of the molecule is Cc1ccc(C(C)C)cc1CCNc1ccccc1N. The first-order valence-corrected chi connectivity index (χ1v) is 7.25. The number of hydrogen-bond acceptors (Lipinski definition) is 2. The molecule has 0 fully saturated rings. The van der Waals surface area contributed by atoms with Crippen molar-refractivity contribution < 1.29 is 0 Å². The van der Waals surface area contributed by atoms with Gasteiger partial charge in [-0.25, -0.2) is 0 Å². The second kappa shape index (κ2) is 6.47. The molecular formula is C18H24N2. The number of aryl methyl sites for hydroxylation is 1. The van der Waals surface area contributed by atoms with Gasteiger partial charge in [-0.1, -0.05) is 44.2 Å². The van der Waals surface area contributed by atoms with Crippen molar-refractivity contribution in [2.24, 2.45) is 0 Å². The smallest absolute Gasteiger partial charge is 0.0574 e. The van der Waals surface area contributed by atoms with Crippen LogP contribution in [0.5, 0.6) is 0 Å². The summed E-state index contributed by atoms with van der Waals surface area (Å²) in [5.41, 5.74) is 11.9. The molecule has 0 aliphatic carbocycles. The molecule has 0 aliphatic rings. The van der Waals surface area contributed by atoms with E-state index >= 15 is 0 Å². The van der Waals surface area contributed by atoms with Crippen molar-refractivity contribution in [3.63, 3.8) is 0 Å². The van der Waals surface area contributed by atoms with E-state index in [-0.39, 0.29) is 0 Å². The standard InChI is InChI=1S/C18H24N2/c1-13(2)15-9-8-14(3)16(12-15)10-11-20-18-7-5-4-6-17(18)19/h4-9,12-13,20H,10-11,19H2,1-3H3. The number of hydrogen-bond donors (Lipinski definition) is 2. The lowest BCUT2D eigenvalue weighted by molar-refractivity contribution is 0.858. The van der Waals surface area contributed by atoms with E-state index in [1.165, 1.54) is 16.7 Å². The molecule has 0 aliphatic heterocycles. The molecule has 0 spiro atoms. The fourth-order valence-electron chi connectivity index (χ4n) is 2.31. The highest BCUT2D eigenvalue weighted by Crippen LogP contribution is 2.20. The topological polar surface area (TPSA) is 38.0 Å². The number of nitrogen functional groups attached to an aromatic ring is 1. The number of rotatable bonds is 5. The molecule has 0 saturated carbocycles. The second-order valence-corrected chi connectivity index (χ2v) is 5.60. The maximum atomic E-state index is 5.93. The minimum absolute atomic E-state index is 0.576. The molecule has 0 atom stereocenters. The lowest BCUT2D eigenvalue weighted by atomic mass is 9.96. The van der Waals surface area contributed by atoms with Gasteiger partial charge < -0.3 is 11.1 Å². The Kier molecular flexibility index (Phi) is 4.67.